The topological polar surface area (TPSA) is 321 Å². The van der Waals surface area contributed by atoms with Crippen LogP contribution in [0.1, 0.15) is 43.6 Å². The average Bonchev–Trinajstić information content (AvgIpc) is 1.75. The molecule has 0 saturated heterocycles. The standard InChI is InChI=1S/C25H20F2N6O3.C23H17F2N7O3.C23H16F2N6O3/c1-2-15-4-6-16(7-5-15)35-17-8-9-21(36-25(26)27)18(12-17)22-20(14-29-32-22)31-24(34)19-13-30-33-11-3-10-28-23(19)33;1-31-13-18(29-22(33)17-12-28-32-9-3-8-27-21(17)32)20(30-31)16-10-14(5-6-19(16)35-23(24)25)34-15-4-2-7-26-11-15;24-23(25)34-19-8-7-15(33-14-5-2-1-3-6-14)11-16(19)20-18(13-27-30-20)29-22(32)17-12-28-31-10-4-9-26-21(17)31/h3-14,25H,2H2,1H3,(H,29,32)(H,31,34);2-13,23H,1H3,(H,29,33);1-13,23H,(H,27,30)(H,29,32). The molecule has 528 valence electrons. The van der Waals surface area contributed by atoms with Crippen LogP contribution in [0.3, 0.4) is 0 Å². The van der Waals surface area contributed by atoms with Crippen LogP contribution in [0.5, 0.6) is 51.7 Å². The van der Waals surface area contributed by atoms with Crippen LogP contribution in [-0.2, 0) is 13.5 Å². The van der Waals surface area contributed by atoms with Crippen LogP contribution >= 0.6 is 0 Å². The first-order chi connectivity index (χ1) is 51.1. The van der Waals surface area contributed by atoms with Gasteiger partial charge in [-0.2, -0.15) is 56.9 Å². The maximum Gasteiger partial charge on any atom is 0.387 e. The summed E-state index contributed by atoms with van der Waals surface area (Å²) in [6.07, 6.45) is 22.1. The lowest BCUT2D eigenvalue weighted by atomic mass is 10.1. The molecule has 0 aliphatic carbocycles. The van der Waals surface area contributed by atoms with Crippen molar-refractivity contribution in [2.45, 2.75) is 33.2 Å². The van der Waals surface area contributed by atoms with Gasteiger partial charge < -0.3 is 44.4 Å². The smallest absolute Gasteiger partial charge is 0.387 e. The molecule has 5 aromatic carbocycles. The predicted octanol–water partition coefficient (Wildman–Crippen LogP) is 14.3. The van der Waals surface area contributed by atoms with Crippen molar-refractivity contribution in [1.82, 2.24) is 79.0 Å². The van der Waals surface area contributed by atoms with Crippen LogP contribution in [0.2, 0.25) is 0 Å². The number of hydrogen-bond acceptors (Lipinski definition) is 19. The molecular weight excluding hydrogens is 1380 g/mol. The normalized spacial score (nSPS) is 11.1. The van der Waals surface area contributed by atoms with Crippen molar-refractivity contribution in [2.24, 2.45) is 7.05 Å². The van der Waals surface area contributed by atoms with Gasteiger partial charge in [0.15, 0.2) is 16.9 Å². The van der Waals surface area contributed by atoms with Gasteiger partial charge in [-0.1, -0.05) is 37.3 Å². The zero-order valence-electron chi connectivity index (χ0n) is 54.5. The van der Waals surface area contributed by atoms with E-state index >= 15 is 0 Å². The maximum absolute atomic E-state index is 13.1. The first-order valence-corrected chi connectivity index (χ1v) is 31.3. The summed E-state index contributed by atoms with van der Waals surface area (Å²) < 4.78 is 116. The number of hydrogen-bond donors (Lipinski definition) is 5. The zero-order valence-corrected chi connectivity index (χ0v) is 54.5. The Bertz CT molecular complexity index is 5540. The van der Waals surface area contributed by atoms with E-state index in [2.05, 4.69) is 83.6 Å². The highest BCUT2D eigenvalue weighted by Crippen LogP contribution is 2.42. The number of alkyl halides is 6. The fraction of sp³-hybridized carbons (Fsp3) is 0.0845. The molecule has 5 N–H and O–H groups in total. The molecule has 10 heterocycles. The van der Waals surface area contributed by atoms with Crippen LogP contribution in [0.15, 0.2) is 226 Å². The second-order valence-electron chi connectivity index (χ2n) is 22.0. The van der Waals surface area contributed by atoms with Gasteiger partial charge in [-0.3, -0.25) is 34.2 Å². The number of aromatic amines is 2. The molecule has 105 heavy (non-hydrogen) atoms. The minimum atomic E-state index is -3.06. The van der Waals surface area contributed by atoms with Gasteiger partial charge in [0.25, 0.3) is 17.7 Å². The van der Waals surface area contributed by atoms with E-state index in [4.69, 9.17) is 28.4 Å². The van der Waals surface area contributed by atoms with Crippen LogP contribution in [0.25, 0.3) is 50.7 Å². The van der Waals surface area contributed by atoms with Gasteiger partial charge in [-0.05, 0) is 121 Å². The lowest BCUT2D eigenvalue weighted by molar-refractivity contribution is -0.0501. The van der Waals surface area contributed by atoms with Crippen molar-refractivity contribution in [1.29, 1.82) is 0 Å². The first-order valence-electron chi connectivity index (χ1n) is 31.3. The minimum absolute atomic E-state index is 0.115. The van der Waals surface area contributed by atoms with Crippen LogP contribution in [0, 0.1) is 0 Å². The fourth-order valence-corrected chi connectivity index (χ4v) is 10.5. The number of aromatic nitrogens is 16. The van der Waals surface area contributed by atoms with Crippen LogP contribution in [-0.4, -0.2) is 117 Å². The molecule has 3 amide bonds. The Morgan fingerprint density at radius 2 is 0.857 bits per heavy atom. The Morgan fingerprint density at radius 3 is 1.30 bits per heavy atom. The van der Waals surface area contributed by atoms with E-state index in [1.165, 1.54) is 110 Å². The number of nitrogens with zero attached hydrogens (tertiary/aromatic N) is 14. The highest BCUT2D eigenvalue weighted by atomic mass is 19.3. The molecule has 0 bridgehead atoms. The van der Waals surface area contributed by atoms with E-state index in [9.17, 15) is 40.7 Å². The predicted molar refractivity (Wildman–Crippen MR) is 366 cm³/mol. The van der Waals surface area contributed by atoms with Crippen LogP contribution in [0.4, 0.5) is 43.4 Å². The van der Waals surface area contributed by atoms with Crippen molar-refractivity contribution >= 4 is 51.7 Å². The van der Waals surface area contributed by atoms with Gasteiger partial charge in [-0.15, -0.1) is 0 Å². The number of amides is 3. The lowest BCUT2D eigenvalue weighted by Gasteiger charge is -2.14. The van der Waals surface area contributed by atoms with Gasteiger partial charge in [0, 0.05) is 67.7 Å². The Morgan fingerprint density at radius 1 is 0.448 bits per heavy atom. The third kappa shape index (κ3) is 16.4. The van der Waals surface area contributed by atoms with Crippen molar-refractivity contribution in [3.63, 3.8) is 0 Å². The van der Waals surface area contributed by atoms with Gasteiger partial charge >= 0.3 is 19.8 Å². The number of H-pyrrole nitrogens is 2. The van der Waals surface area contributed by atoms with E-state index in [-0.39, 0.29) is 84.8 Å². The Kier molecular flexibility index (Phi) is 20.6. The minimum Gasteiger partial charge on any atom is -0.457 e. The highest BCUT2D eigenvalue weighted by molar-refractivity contribution is 6.11. The number of para-hydroxylation sites is 1. The molecule has 10 aromatic heterocycles. The number of carbonyl (C=O) groups excluding carboxylic acids is 3. The van der Waals surface area contributed by atoms with Crippen LogP contribution < -0.4 is 44.4 Å². The summed E-state index contributed by atoms with van der Waals surface area (Å²) >= 11 is 0. The molecule has 15 rings (SSSR count). The molecule has 34 heteroatoms. The summed E-state index contributed by atoms with van der Waals surface area (Å²) in [5, 5.41) is 38.3. The van der Waals surface area contributed by atoms with E-state index in [1.54, 1.807) is 99.1 Å². The summed E-state index contributed by atoms with van der Waals surface area (Å²) in [5.74, 6) is 0.850. The quantitative estimate of drug-likeness (QED) is 0.0394. The number of pyridine rings is 1. The number of fused-ring (bicyclic) bond motifs is 3. The third-order valence-electron chi connectivity index (χ3n) is 15.1. The number of ether oxygens (including phenoxy) is 6. The fourth-order valence-electron chi connectivity index (χ4n) is 10.5. The number of rotatable bonds is 22. The van der Waals surface area contributed by atoms with Crippen molar-refractivity contribution in [2.75, 3.05) is 16.0 Å². The largest absolute Gasteiger partial charge is 0.457 e. The summed E-state index contributed by atoms with van der Waals surface area (Å²) in [6.45, 7) is -7.12. The summed E-state index contributed by atoms with van der Waals surface area (Å²) in [4.78, 5) is 55.4. The molecule has 0 fully saturated rings. The monoisotopic (exact) mass is 1430 g/mol. The second-order valence-corrected chi connectivity index (χ2v) is 22.0. The number of benzene rings is 5. The van der Waals surface area contributed by atoms with Gasteiger partial charge in [0.05, 0.1) is 71.2 Å². The van der Waals surface area contributed by atoms with E-state index < -0.39 is 37.6 Å². The number of nitrogens with one attached hydrogen (secondary N) is 5. The third-order valence-corrected chi connectivity index (χ3v) is 15.1. The molecule has 0 saturated carbocycles. The Labute approximate surface area is 587 Å². The number of carbonyl (C=O) groups is 3. The Hall–Kier alpha value is -14.5. The van der Waals surface area contributed by atoms with E-state index in [1.807, 2.05) is 42.5 Å². The molecular formula is C71H53F6N19O9. The molecule has 0 aliphatic rings. The zero-order chi connectivity index (χ0) is 72.9. The first kappa shape index (κ1) is 69.0. The summed E-state index contributed by atoms with van der Waals surface area (Å²) in [7, 11) is 1.64. The maximum atomic E-state index is 13.1. The molecule has 0 aliphatic heterocycles. The lowest BCUT2D eigenvalue weighted by Crippen LogP contribution is -2.12. The Balaban J connectivity index is 0.000000140. The van der Waals surface area contributed by atoms with Crippen molar-refractivity contribution < 1.29 is 69.1 Å². The summed E-state index contributed by atoms with van der Waals surface area (Å²) in [5.41, 5.74) is 5.09. The molecule has 0 spiro atoms. The molecule has 28 nitrogen and oxygen atoms in total. The molecule has 15 aromatic rings. The SMILES string of the molecule is CCc1ccc(Oc2ccc(OC(F)F)c(-c3[nH]ncc3NC(=O)c3cnn4cccnc34)c2)cc1.Cn1cc(NC(=O)c2cnn3cccnc23)c(-c2cc(Oc3cccnc3)ccc2OC(F)F)n1.O=C(Nc1cn[nH]c1-c1cc(Oc2ccccc2)ccc1OC(F)F)c1cnn2cccnc12. The molecule has 0 unspecified atom stereocenters. The summed E-state index contributed by atoms with van der Waals surface area (Å²) in [6, 6.07) is 38.1. The van der Waals surface area contributed by atoms with Crippen molar-refractivity contribution in [3.8, 4) is 85.5 Å². The number of aryl methyl sites for hydroxylation is 2. The highest BCUT2D eigenvalue weighted by Gasteiger charge is 2.26. The molecule has 0 atom stereocenters. The van der Waals surface area contributed by atoms with Crippen molar-refractivity contribution in [3.05, 3.63) is 249 Å². The number of halogens is 6. The van der Waals surface area contributed by atoms with Gasteiger partial charge in [0.2, 0.25) is 0 Å². The van der Waals surface area contributed by atoms with Gasteiger partial charge in [0.1, 0.15) is 74.1 Å². The second kappa shape index (κ2) is 31.4. The van der Waals surface area contributed by atoms with Gasteiger partial charge in [-0.25, -0.2) is 28.5 Å². The average molecular weight is 1430 g/mol. The van der Waals surface area contributed by atoms with E-state index in [0.29, 0.717) is 51.4 Å². The van der Waals surface area contributed by atoms with E-state index in [0.717, 1.165) is 12.0 Å². The number of anilines is 3. The molecule has 0 radical (unpaired) electrons.